The lowest BCUT2D eigenvalue weighted by molar-refractivity contribution is 0.580. The van der Waals surface area contributed by atoms with E-state index in [4.69, 9.17) is 16.6 Å². The Morgan fingerprint density at radius 3 is 2.62 bits per heavy atom. The molecule has 0 heterocycles. The summed E-state index contributed by atoms with van der Waals surface area (Å²) in [5.74, 6) is 0.907. The number of nitrogens with one attached hydrogen (secondary N) is 2. The van der Waals surface area contributed by atoms with Crippen molar-refractivity contribution in [3.8, 4) is 0 Å². The van der Waals surface area contributed by atoms with Crippen LogP contribution in [-0.4, -0.2) is 45.5 Å². The molecule has 1 aromatic rings. The van der Waals surface area contributed by atoms with Crippen molar-refractivity contribution in [1.29, 1.82) is 0 Å². The van der Waals surface area contributed by atoms with Crippen LogP contribution in [0.2, 0.25) is 5.02 Å². The number of guanidine groups is 1. The lowest BCUT2D eigenvalue weighted by Gasteiger charge is -2.19. The van der Waals surface area contributed by atoms with E-state index in [-0.39, 0.29) is 41.2 Å². The van der Waals surface area contributed by atoms with Gasteiger partial charge in [-0.25, -0.2) is 8.42 Å². The first-order valence-electron chi connectivity index (χ1n) is 8.73. The van der Waals surface area contributed by atoms with Crippen LogP contribution in [0, 0.1) is 0 Å². The fraction of sp³-hybridized carbons (Fsp3) is 0.611. The lowest BCUT2D eigenvalue weighted by atomic mass is 9.96. The zero-order chi connectivity index (χ0) is 18.5. The number of aliphatic imine (C=N–C) groups is 1. The zero-order valence-corrected chi connectivity index (χ0v) is 19.5. The third-order valence-electron chi connectivity index (χ3n) is 4.48. The SMILES string of the molecule is CCNC(=NCC1(c2cccc(Cl)c2)CC1)NC(C)CCS(C)(=O)=O.I. The minimum atomic E-state index is -2.95. The summed E-state index contributed by atoms with van der Waals surface area (Å²) < 4.78 is 22.6. The molecule has 1 fully saturated rings. The van der Waals surface area contributed by atoms with Gasteiger partial charge in [-0.2, -0.15) is 0 Å². The number of nitrogens with zero attached hydrogens (tertiary/aromatic N) is 1. The molecule has 0 radical (unpaired) electrons. The van der Waals surface area contributed by atoms with Gasteiger partial charge in [0.15, 0.2) is 5.96 Å². The van der Waals surface area contributed by atoms with E-state index in [0.717, 1.165) is 30.4 Å². The van der Waals surface area contributed by atoms with E-state index in [0.29, 0.717) is 13.0 Å². The van der Waals surface area contributed by atoms with Crippen molar-refractivity contribution in [2.45, 2.75) is 44.6 Å². The summed E-state index contributed by atoms with van der Waals surface area (Å²) in [6.07, 6.45) is 4.04. The van der Waals surface area contributed by atoms with Crippen LogP contribution < -0.4 is 10.6 Å². The van der Waals surface area contributed by atoms with Gasteiger partial charge in [0.2, 0.25) is 0 Å². The van der Waals surface area contributed by atoms with E-state index in [2.05, 4.69) is 16.7 Å². The first-order valence-corrected chi connectivity index (χ1v) is 11.2. The summed E-state index contributed by atoms with van der Waals surface area (Å²) in [5, 5.41) is 7.30. The topological polar surface area (TPSA) is 70.6 Å². The predicted molar refractivity (Wildman–Crippen MR) is 121 cm³/mol. The first-order chi connectivity index (χ1) is 11.7. The summed E-state index contributed by atoms with van der Waals surface area (Å²) >= 11 is 6.12. The minimum absolute atomic E-state index is 0. The lowest BCUT2D eigenvalue weighted by Crippen LogP contribution is -2.43. The van der Waals surface area contributed by atoms with Gasteiger partial charge in [-0.3, -0.25) is 4.99 Å². The van der Waals surface area contributed by atoms with Crippen LogP contribution in [0.4, 0.5) is 0 Å². The van der Waals surface area contributed by atoms with Gasteiger partial charge in [0.05, 0.1) is 12.3 Å². The molecule has 0 bridgehead atoms. The van der Waals surface area contributed by atoms with E-state index in [1.54, 1.807) is 0 Å². The van der Waals surface area contributed by atoms with Crippen LogP contribution in [0.25, 0.3) is 0 Å². The fourth-order valence-electron chi connectivity index (χ4n) is 2.75. The van der Waals surface area contributed by atoms with Gasteiger partial charge in [0, 0.05) is 29.3 Å². The number of benzene rings is 1. The Kier molecular flexibility index (Phi) is 9.15. The van der Waals surface area contributed by atoms with Crippen LogP contribution in [0.15, 0.2) is 29.3 Å². The third kappa shape index (κ3) is 7.60. The molecular weight excluding hydrogens is 485 g/mol. The van der Waals surface area contributed by atoms with Gasteiger partial charge in [-0.05, 0) is 50.8 Å². The molecule has 1 atom stereocenters. The zero-order valence-electron chi connectivity index (χ0n) is 15.6. The molecule has 0 saturated heterocycles. The molecule has 26 heavy (non-hydrogen) atoms. The number of rotatable bonds is 8. The second-order valence-corrected chi connectivity index (χ2v) is 9.65. The van der Waals surface area contributed by atoms with Gasteiger partial charge >= 0.3 is 0 Å². The minimum Gasteiger partial charge on any atom is -0.357 e. The van der Waals surface area contributed by atoms with Crippen molar-refractivity contribution in [3.05, 3.63) is 34.9 Å². The Labute approximate surface area is 179 Å². The van der Waals surface area contributed by atoms with E-state index >= 15 is 0 Å². The molecule has 0 spiro atoms. The van der Waals surface area contributed by atoms with Crippen LogP contribution in [0.5, 0.6) is 0 Å². The van der Waals surface area contributed by atoms with E-state index in [1.807, 2.05) is 32.0 Å². The summed E-state index contributed by atoms with van der Waals surface area (Å²) in [6, 6.07) is 8.05. The molecule has 8 heteroatoms. The summed E-state index contributed by atoms with van der Waals surface area (Å²) in [5.41, 5.74) is 1.33. The monoisotopic (exact) mass is 513 g/mol. The van der Waals surface area contributed by atoms with Crippen LogP contribution in [-0.2, 0) is 15.3 Å². The summed E-state index contributed by atoms with van der Waals surface area (Å²) in [7, 11) is -2.95. The third-order valence-corrected chi connectivity index (χ3v) is 5.69. The molecule has 2 N–H and O–H groups in total. The Morgan fingerprint density at radius 2 is 2.08 bits per heavy atom. The molecule has 1 aromatic carbocycles. The quantitative estimate of drug-likeness (QED) is 0.318. The predicted octanol–water partition coefficient (Wildman–Crippen LogP) is 3.37. The molecule has 1 saturated carbocycles. The maximum Gasteiger partial charge on any atom is 0.191 e. The second-order valence-electron chi connectivity index (χ2n) is 6.95. The average Bonchev–Trinajstić information content (AvgIpc) is 3.32. The molecule has 5 nitrogen and oxygen atoms in total. The molecule has 0 aliphatic heterocycles. The first kappa shape index (κ1) is 23.5. The summed E-state index contributed by atoms with van der Waals surface area (Å²) in [4.78, 5) is 4.74. The Morgan fingerprint density at radius 1 is 1.38 bits per heavy atom. The maximum absolute atomic E-state index is 11.3. The number of halogens is 2. The van der Waals surface area contributed by atoms with Gasteiger partial charge in [-0.15, -0.1) is 24.0 Å². The number of hydrogen-bond acceptors (Lipinski definition) is 3. The van der Waals surface area contributed by atoms with Crippen molar-refractivity contribution in [3.63, 3.8) is 0 Å². The molecule has 148 valence electrons. The van der Waals surface area contributed by atoms with Gasteiger partial charge in [-0.1, -0.05) is 23.7 Å². The molecule has 2 rings (SSSR count). The number of hydrogen-bond donors (Lipinski definition) is 2. The second kappa shape index (κ2) is 10.1. The van der Waals surface area contributed by atoms with Crippen molar-refractivity contribution < 1.29 is 8.42 Å². The molecule has 1 aliphatic carbocycles. The fourth-order valence-corrected chi connectivity index (χ4v) is 3.73. The van der Waals surface area contributed by atoms with E-state index in [1.165, 1.54) is 11.8 Å². The highest BCUT2D eigenvalue weighted by Gasteiger charge is 2.44. The summed E-state index contributed by atoms with van der Waals surface area (Å²) in [6.45, 7) is 5.44. The van der Waals surface area contributed by atoms with E-state index < -0.39 is 9.84 Å². The Hall–Kier alpha value is -0.540. The van der Waals surface area contributed by atoms with Crippen LogP contribution >= 0.6 is 35.6 Å². The normalized spacial score (nSPS) is 17.2. The van der Waals surface area contributed by atoms with Crippen molar-refractivity contribution >= 4 is 51.4 Å². The standard InChI is InChI=1S/C18H28ClN3O2S.HI/c1-4-20-17(22-14(2)8-11-25(3,23)24)21-13-18(9-10-18)15-6-5-7-16(19)12-15;/h5-7,12,14H,4,8-11,13H2,1-3H3,(H2,20,21,22);1H. The Bertz CT molecular complexity index is 721. The highest BCUT2D eigenvalue weighted by Crippen LogP contribution is 2.48. The highest BCUT2D eigenvalue weighted by molar-refractivity contribution is 14.0. The highest BCUT2D eigenvalue weighted by atomic mass is 127. The van der Waals surface area contributed by atoms with Crippen LogP contribution in [0.3, 0.4) is 0 Å². The molecule has 1 aliphatic rings. The average molecular weight is 514 g/mol. The molecule has 1 unspecified atom stereocenters. The van der Waals surface area contributed by atoms with Gasteiger partial charge in [0.25, 0.3) is 0 Å². The Balaban J connectivity index is 0.00000338. The van der Waals surface area contributed by atoms with Crippen molar-refractivity contribution in [1.82, 2.24) is 10.6 Å². The molecule has 0 amide bonds. The maximum atomic E-state index is 11.3. The van der Waals surface area contributed by atoms with Gasteiger partial charge < -0.3 is 10.6 Å². The van der Waals surface area contributed by atoms with Gasteiger partial charge in [0.1, 0.15) is 9.84 Å². The van der Waals surface area contributed by atoms with E-state index in [9.17, 15) is 8.42 Å². The van der Waals surface area contributed by atoms with Crippen LogP contribution in [0.1, 0.15) is 38.7 Å². The molecular formula is C18H29ClIN3O2S. The smallest absolute Gasteiger partial charge is 0.191 e. The number of sulfone groups is 1. The molecule has 0 aromatic heterocycles. The van der Waals surface area contributed by atoms with Crippen molar-refractivity contribution in [2.75, 3.05) is 25.1 Å². The van der Waals surface area contributed by atoms with Crippen molar-refractivity contribution in [2.24, 2.45) is 4.99 Å². The largest absolute Gasteiger partial charge is 0.357 e.